The molecule has 0 spiro atoms. The van der Waals surface area contributed by atoms with E-state index in [1.54, 1.807) is 12.1 Å². The van der Waals surface area contributed by atoms with Crippen LogP contribution in [0.1, 0.15) is 54.7 Å². The first-order valence-corrected chi connectivity index (χ1v) is 11.5. The van der Waals surface area contributed by atoms with Crippen LogP contribution in [0.3, 0.4) is 0 Å². The summed E-state index contributed by atoms with van der Waals surface area (Å²) in [5, 5.41) is 3.15. The number of hydrogen-bond acceptors (Lipinski definition) is 3. The smallest absolute Gasteiger partial charge is 0.251 e. The molecule has 5 nitrogen and oxygen atoms in total. The van der Waals surface area contributed by atoms with E-state index >= 15 is 0 Å². The van der Waals surface area contributed by atoms with Gasteiger partial charge in [0.1, 0.15) is 0 Å². The lowest BCUT2D eigenvalue weighted by Gasteiger charge is -2.22. The molecule has 0 saturated heterocycles. The Labute approximate surface area is 167 Å². The molecule has 0 radical (unpaired) electrons. The van der Waals surface area contributed by atoms with Gasteiger partial charge in [-0.1, -0.05) is 44.2 Å². The Bertz CT molecular complexity index is 955. The fourth-order valence-electron chi connectivity index (χ4n) is 3.93. The van der Waals surface area contributed by atoms with Crippen LogP contribution in [0.4, 0.5) is 5.69 Å². The third-order valence-electron chi connectivity index (χ3n) is 5.07. The Kier molecular flexibility index (Phi) is 5.79. The number of amides is 1. The van der Waals surface area contributed by atoms with Gasteiger partial charge in [0.15, 0.2) is 0 Å². The molecular formula is C22H28N2O3S. The minimum atomic E-state index is -3.33. The van der Waals surface area contributed by atoms with Gasteiger partial charge in [0.25, 0.3) is 5.91 Å². The summed E-state index contributed by atoms with van der Waals surface area (Å²) in [5.41, 5.74) is 3.22. The van der Waals surface area contributed by atoms with Crippen molar-refractivity contribution in [3.05, 3.63) is 65.2 Å². The molecule has 3 rings (SSSR count). The van der Waals surface area contributed by atoms with Gasteiger partial charge in [-0.15, -0.1) is 0 Å². The standard InChI is InChI=1S/C22H28N2O3S/c1-15(2)12-20(17-8-6-5-7-9-17)23-22(25)18-10-11-21-19(14-18)13-16(3)24(21)28(4,26)27/h5-11,14-16,20H,12-13H2,1-4H3,(H,23,25)/t16-,20+/m0/s1. The Morgan fingerprint density at radius 2 is 1.86 bits per heavy atom. The van der Waals surface area contributed by atoms with Crippen LogP contribution >= 0.6 is 0 Å². The second-order valence-electron chi connectivity index (χ2n) is 8.02. The van der Waals surface area contributed by atoms with E-state index in [1.165, 1.54) is 10.6 Å². The quantitative estimate of drug-likeness (QED) is 0.799. The lowest BCUT2D eigenvalue weighted by Crippen LogP contribution is -2.34. The minimum Gasteiger partial charge on any atom is -0.345 e. The van der Waals surface area contributed by atoms with E-state index in [1.807, 2.05) is 43.3 Å². The number of rotatable bonds is 6. The molecule has 1 heterocycles. The molecule has 6 heteroatoms. The zero-order valence-corrected chi connectivity index (χ0v) is 17.7. The van der Waals surface area contributed by atoms with Crippen molar-refractivity contribution in [2.45, 2.75) is 45.7 Å². The number of hydrogen-bond donors (Lipinski definition) is 1. The van der Waals surface area contributed by atoms with Gasteiger partial charge in [-0.25, -0.2) is 8.42 Å². The number of carbonyl (C=O) groups excluding carboxylic acids is 1. The van der Waals surface area contributed by atoms with Crippen molar-refractivity contribution in [2.24, 2.45) is 5.92 Å². The highest BCUT2D eigenvalue weighted by molar-refractivity contribution is 7.92. The number of nitrogens with zero attached hydrogens (tertiary/aromatic N) is 1. The number of sulfonamides is 1. The van der Waals surface area contributed by atoms with Gasteiger partial charge in [-0.2, -0.15) is 0 Å². The molecule has 2 atom stereocenters. The Hall–Kier alpha value is -2.34. The largest absolute Gasteiger partial charge is 0.345 e. The molecule has 0 unspecified atom stereocenters. The fourth-order valence-corrected chi connectivity index (χ4v) is 5.19. The number of fused-ring (bicyclic) bond motifs is 1. The van der Waals surface area contributed by atoms with Crippen molar-refractivity contribution in [3.63, 3.8) is 0 Å². The molecule has 0 saturated carbocycles. The average Bonchev–Trinajstić information content (AvgIpc) is 2.96. The summed E-state index contributed by atoms with van der Waals surface area (Å²) in [6, 6.07) is 15.1. The van der Waals surface area contributed by atoms with Gasteiger partial charge in [0.05, 0.1) is 18.0 Å². The van der Waals surface area contributed by atoms with Crippen LogP contribution in [0.2, 0.25) is 0 Å². The first-order chi connectivity index (χ1) is 13.2. The van der Waals surface area contributed by atoms with E-state index in [2.05, 4.69) is 19.2 Å². The number of benzene rings is 2. The Balaban J connectivity index is 1.84. The first kappa shape index (κ1) is 20.4. The molecule has 1 N–H and O–H groups in total. The molecule has 150 valence electrons. The van der Waals surface area contributed by atoms with Crippen molar-refractivity contribution >= 4 is 21.6 Å². The third-order valence-corrected chi connectivity index (χ3v) is 6.34. The maximum Gasteiger partial charge on any atom is 0.251 e. The van der Waals surface area contributed by atoms with E-state index in [9.17, 15) is 13.2 Å². The molecule has 0 fully saturated rings. The predicted octanol–water partition coefficient (Wildman–Crippen LogP) is 3.91. The molecule has 1 aliphatic heterocycles. The van der Waals surface area contributed by atoms with Crippen LogP contribution < -0.4 is 9.62 Å². The zero-order valence-electron chi connectivity index (χ0n) is 16.8. The molecule has 0 bridgehead atoms. The van der Waals surface area contributed by atoms with Crippen LogP contribution in [-0.4, -0.2) is 26.6 Å². The van der Waals surface area contributed by atoms with Crippen LogP contribution in [0.25, 0.3) is 0 Å². The Morgan fingerprint density at radius 1 is 1.18 bits per heavy atom. The van der Waals surface area contributed by atoms with E-state index in [0.717, 1.165) is 17.5 Å². The molecule has 28 heavy (non-hydrogen) atoms. The minimum absolute atomic E-state index is 0.0617. The van der Waals surface area contributed by atoms with Crippen LogP contribution in [0.15, 0.2) is 48.5 Å². The lowest BCUT2D eigenvalue weighted by molar-refractivity contribution is 0.0932. The van der Waals surface area contributed by atoms with Crippen molar-refractivity contribution in [1.29, 1.82) is 0 Å². The summed E-state index contributed by atoms with van der Waals surface area (Å²) in [4.78, 5) is 12.9. The monoisotopic (exact) mass is 400 g/mol. The van der Waals surface area contributed by atoms with E-state index in [-0.39, 0.29) is 18.0 Å². The maximum atomic E-state index is 12.9. The highest BCUT2D eigenvalue weighted by atomic mass is 32.2. The number of carbonyl (C=O) groups is 1. The molecule has 1 aliphatic rings. The fraction of sp³-hybridized carbons (Fsp3) is 0.409. The van der Waals surface area contributed by atoms with Gasteiger partial charge >= 0.3 is 0 Å². The zero-order chi connectivity index (χ0) is 20.5. The van der Waals surface area contributed by atoms with Crippen LogP contribution in [0.5, 0.6) is 0 Å². The van der Waals surface area contributed by atoms with Crippen LogP contribution in [-0.2, 0) is 16.4 Å². The second kappa shape index (κ2) is 7.95. The third kappa shape index (κ3) is 4.38. The highest BCUT2D eigenvalue weighted by Crippen LogP contribution is 2.35. The van der Waals surface area contributed by atoms with Crippen molar-refractivity contribution in [2.75, 3.05) is 10.6 Å². The normalized spacial score (nSPS) is 17.5. The summed E-state index contributed by atoms with van der Waals surface area (Å²) in [5.74, 6) is 0.303. The SMILES string of the molecule is CC(C)C[C@@H](NC(=O)c1ccc2c(c1)C[C@H](C)N2S(C)(=O)=O)c1ccccc1. The maximum absolute atomic E-state index is 12.9. The van der Waals surface area contributed by atoms with Gasteiger partial charge < -0.3 is 5.32 Å². The summed E-state index contributed by atoms with van der Waals surface area (Å²) in [6.45, 7) is 6.16. The molecule has 0 aliphatic carbocycles. The summed E-state index contributed by atoms with van der Waals surface area (Å²) in [7, 11) is -3.33. The average molecular weight is 401 g/mol. The van der Waals surface area contributed by atoms with Crippen molar-refractivity contribution in [3.8, 4) is 0 Å². The van der Waals surface area contributed by atoms with Gasteiger partial charge in [-0.05, 0) is 55.0 Å². The number of nitrogens with one attached hydrogen (secondary N) is 1. The molecule has 2 aromatic rings. The molecule has 1 amide bonds. The summed E-state index contributed by atoms with van der Waals surface area (Å²) in [6.07, 6.45) is 2.67. The Morgan fingerprint density at radius 3 is 2.46 bits per heavy atom. The van der Waals surface area contributed by atoms with E-state index in [4.69, 9.17) is 0 Å². The van der Waals surface area contributed by atoms with Crippen molar-refractivity contribution < 1.29 is 13.2 Å². The van der Waals surface area contributed by atoms with E-state index in [0.29, 0.717) is 23.6 Å². The van der Waals surface area contributed by atoms with Gasteiger partial charge in [0.2, 0.25) is 10.0 Å². The molecule has 2 aromatic carbocycles. The van der Waals surface area contributed by atoms with Crippen LogP contribution in [0, 0.1) is 5.92 Å². The summed E-state index contributed by atoms with van der Waals surface area (Å²) < 4.78 is 25.6. The van der Waals surface area contributed by atoms with Crippen molar-refractivity contribution in [1.82, 2.24) is 5.32 Å². The molecular weight excluding hydrogens is 372 g/mol. The highest BCUT2D eigenvalue weighted by Gasteiger charge is 2.33. The first-order valence-electron chi connectivity index (χ1n) is 9.65. The van der Waals surface area contributed by atoms with Gasteiger partial charge in [-0.3, -0.25) is 9.10 Å². The topological polar surface area (TPSA) is 66.5 Å². The summed E-state index contributed by atoms with van der Waals surface area (Å²) >= 11 is 0. The lowest BCUT2D eigenvalue weighted by atomic mass is 9.96. The van der Waals surface area contributed by atoms with Gasteiger partial charge in [0, 0.05) is 11.6 Å². The predicted molar refractivity (Wildman–Crippen MR) is 113 cm³/mol. The molecule has 0 aromatic heterocycles. The van der Waals surface area contributed by atoms with E-state index < -0.39 is 10.0 Å². The second-order valence-corrected chi connectivity index (χ2v) is 9.88. The number of anilines is 1.